The van der Waals surface area contributed by atoms with Crippen LogP contribution in [-0.2, 0) is 0 Å². The first kappa shape index (κ1) is 13.6. The molecule has 0 aromatic carbocycles. The average Bonchev–Trinajstić information content (AvgIpc) is 2.33. The van der Waals surface area contributed by atoms with Crippen LogP contribution < -0.4 is 10.6 Å². The van der Waals surface area contributed by atoms with Crippen molar-refractivity contribution in [2.45, 2.75) is 0 Å². The van der Waals surface area contributed by atoms with Gasteiger partial charge < -0.3 is 15.5 Å². The smallest absolute Gasteiger partial charge is 0.0161 e. The second-order valence-electron chi connectivity index (χ2n) is 4.39. The molecule has 0 unspecified atom stereocenters. The SMILES string of the molecule is C=CCN1CCNCC1.CN1CCNCC1. The summed E-state index contributed by atoms with van der Waals surface area (Å²) >= 11 is 0. The highest BCUT2D eigenvalue weighted by atomic mass is 15.2. The van der Waals surface area contributed by atoms with E-state index in [0.29, 0.717) is 0 Å². The zero-order chi connectivity index (χ0) is 11.6. The average molecular weight is 226 g/mol. The summed E-state index contributed by atoms with van der Waals surface area (Å²) in [6.07, 6.45) is 1.96. The molecule has 4 heteroatoms. The number of likely N-dealkylation sites (N-methyl/N-ethyl adjacent to an activating group) is 1. The largest absolute Gasteiger partial charge is 0.314 e. The number of hydrogen-bond donors (Lipinski definition) is 2. The molecule has 0 aromatic heterocycles. The van der Waals surface area contributed by atoms with Crippen molar-refractivity contribution in [3.63, 3.8) is 0 Å². The van der Waals surface area contributed by atoms with E-state index in [2.05, 4.69) is 34.1 Å². The van der Waals surface area contributed by atoms with Gasteiger partial charge in [0.2, 0.25) is 0 Å². The van der Waals surface area contributed by atoms with E-state index >= 15 is 0 Å². The zero-order valence-electron chi connectivity index (χ0n) is 10.5. The summed E-state index contributed by atoms with van der Waals surface area (Å²) in [4.78, 5) is 4.72. The Hall–Kier alpha value is -0.420. The fourth-order valence-electron chi connectivity index (χ4n) is 1.85. The number of rotatable bonds is 2. The van der Waals surface area contributed by atoms with E-state index in [1.165, 1.54) is 26.2 Å². The number of piperazine rings is 2. The fourth-order valence-corrected chi connectivity index (χ4v) is 1.85. The van der Waals surface area contributed by atoms with Crippen molar-refractivity contribution >= 4 is 0 Å². The Bertz CT molecular complexity index is 172. The van der Waals surface area contributed by atoms with Gasteiger partial charge in [-0.3, -0.25) is 4.90 Å². The normalized spacial score (nSPS) is 23.3. The van der Waals surface area contributed by atoms with Gasteiger partial charge in [-0.2, -0.15) is 0 Å². The summed E-state index contributed by atoms with van der Waals surface area (Å²) in [6, 6.07) is 0. The molecule has 2 N–H and O–H groups in total. The van der Waals surface area contributed by atoms with Gasteiger partial charge in [0.25, 0.3) is 0 Å². The lowest BCUT2D eigenvalue weighted by atomic mass is 10.3. The summed E-state index contributed by atoms with van der Waals surface area (Å²) in [5.41, 5.74) is 0. The van der Waals surface area contributed by atoms with Crippen LogP contribution in [0, 0.1) is 0 Å². The first-order chi connectivity index (χ1) is 7.83. The summed E-state index contributed by atoms with van der Waals surface area (Å²) < 4.78 is 0. The molecule has 0 bridgehead atoms. The Morgan fingerprint density at radius 2 is 1.50 bits per heavy atom. The molecular formula is C12H26N4. The van der Waals surface area contributed by atoms with Crippen LogP contribution in [0.1, 0.15) is 0 Å². The molecule has 0 amide bonds. The molecule has 0 atom stereocenters. The van der Waals surface area contributed by atoms with Crippen LogP contribution >= 0.6 is 0 Å². The Balaban J connectivity index is 0.000000165. The molecule has 2 heterocycles. The van der Waals surface area contributed by atoms with Crippen LogP contribution in [0.4, 0.5) is 0 Å². The Morgan fingerprint density at radius 3 is 1.88 bits per heavy atom. The van der Waals surface area contributed by atoms with Gasteiger partial charge in [0.05, 0.1) is 0 Å². The van der Waals surface area contributed by atoms with Crippen LogP contribution in [-0.4, -0.2) is 75.8 Å². The van der Waals surface area contributed by atoms with Crippen LogP contribution in [0.25, 0.3) is 0 Å². The molecule has 4 nitrogen and oxygen atoms in total. The molecule has 2 aliphatic heterocycles. The quantitative estimate of drug-likeness (QED) is 0.627. The zero-order valence-corrected chi connectivity index (χ0v) is 10.5. The van der Waals surface area contributed by atoms with Gasteiger partial charge in [-0.05, 0) is 7.05 Å². The molecule has 16 heavy (non-hydrogen) atoms. The molecular weight excluding hydrogens is 200 g/mol. The minimum Gasteiger partial charge on any atom is -0.314 e. The Labute approximate surface area is 99.7 Å². The summed E-state index contributed by atoms with van der Waals surface area (Å²) in [7, 11) is 2.15. The maximum absolute atomic E-state index is 3.69. The third kappa shape index (κ3) is 6.23. The Kier molecular flexibility index (Phi) is 7.42. The van der Waals surface area contributed by atoms with Crippen molar-refractivity contribution < 1.29 is 0 Å². The van der Waals surface area contributed by atoms with E-state index in [1.807, 2.05) is 6.08 Å². The minimum atomic E-state index is 1.04. The van der Waals surface area contributed by atoms with E-state index in [9.17, 15) is 0 Å². The fraction of sp³-hybridized carbons (Fsp3) is 0.833. The standard InChI is InChI=1S/C7H14N2.C5H12N2/c1-2-5-9-6-3-8-4-7-9;1-7-4-2-6-3-5-7/h2,8H,1,3-7H2;6H,2-5H2,1H3. The van der Waals surface area contributed by atoms with Crippen molar-refractivity contribution in [1.29, 1.82) is 0 Å². The van der Waals surface area contributed by atoms with Crippen molar-refractivity contribution in [3.8, 4) is 0 Å². The molecule has 2 rings (SSSR count). The summed E-state index contributed by atoms with van der Waals surface area (Å²) in [6.45, 7) is 14.1. The summed E-state index contributed by atoms with van der Waals surface area (Å²) in [5, 5.41) is 6.57. The van der Waals surface area contributed by atoms with Gasteiger partial charge in [0.15, 0.2) is 0 Å². The molecule has 2 saturated heterocycles. The molecule has 0 aromatic rings. The second kappa shape index (κ2) is 8.70. The number of hydrogen-bond acceptors (Lipinski definition) is 4. The van der Waals surface area contributed by atoms with Crippen molar-refractivity contribution in [2.24, 2.45) is 0 Å². The highest BCUT2D eigenvalue weighted by Gasteiger charge is 2.05. The lowest BCUT2D eigenvalue weighted by molar-refractivity contribution is 0.265. The maximum Gasteiger partial charge on any atom is 0.0161 e. The van der Waals surface area contributed by atoms with Crippen molar-refractivity contribution in [3.05, 3.63) is 12.7 Å². The van der Waals surface area contributed by atoms with Crippen molar-refractivity contribution in [1.82, 2.24) is 20.4 Å². The maximum atomic E-state index is 3.69. The van der Waals surface area contributed by atoms with E-state index in [4.69, 9.17) is 0 Å². The highest BCUT2D eigenvalue weighted by molar-refractivity contribution is 4.76. The van der Waals surface area contributed by atoms with Gasteiger partial charge in [-0.25, -0.2) is 0 Å². The third-order valence-corrected chi connectivity index (χ3v) is 2.94. The predicted octanol–water partition coefficient (Wildman–Crippen LogP) is -0.401. The lowest BCUT2D eigenvalue weighted by Crippen LogP contribution is -2.43. The molecule has 0 aliphatic carbocycles. The molecule has 0 saturated carbocycles. The van der Waals surface area contributed by atoms with Gasteiger partial charge in [0, 0.05) is 58.9 Å². The van der Waals surface area contributed by atoms with Gasteiger partial charge in [-0.1, -0.05) is 6.08 Å². The van der Waals surface area contributed by atoms with Gasteiger partial charge >= 0.3 is 0 Å². The predicted molar refractivity (Wildman–Crippen MR) is 69.9 cm³/mol. The van der Waals surface area contributed by atoms with E-state index in [1.54, 1.807) is 0 Å². The van der Waals surface area contributed by atoms with Crippen LogP contribution in [0.5, 0.6) is 0 Å². The molecule has 2 aliphatic rings. The Morgan fingerprint density at radius 1 is 1.00 bits per heavy atom. The first-order valence-corrected chi connectivity index (χ1v) is 6.26. The highest BCUT2D eigenvalue weighted by Crippen LogP contribution is 1.90. The van der Waals surface area contributed by atoms with Crippen LogP contribution in [0.2, 0.25) is 0 Å². The molecule has 0 spiro atoms. The van der Waals surface area contributed by atoms with Gasteiger partial charge in [-0.15, -0.1) is 6.58 Å². The van der Waals surface area contributed by atoms with E-state index in [-0.39, 0.29) is 0 Å². The molecule has 94 valence electrons. The van der Waals surface area contributed by atoms with Crippen LogP contribution in [0.15, 0.2) is 12.7 Å². The van der Waals surface area contributed by atoms with Gasteiger partial charge in [0.1, 0.15) is 0 Å². The van der Waals surface area contributed by atoms with Crippen LogP contribution in [0.3, 0.4) is 0 Å². The number of nitrogens with zero attached hydrogens (tertiary/aromatic N) is 2. The monoisotopic (exact) mass is 226 g/mol. The minimum absolute atomic E-state index is 1.04. The third-order valence-electron chi connectivity index (χ3n) is 2.94. The van der Waals surface area contributed by atoms with E-state index in [0.717, 1.165) is 32.7 Å². The molecule has 0 radical (unpaired) electrons. The topological polar surface area (TPSA) is 30.5 Å². The van der Waals surface area contributed by atoms with E-state index < -0.39 is 0 Å². The summed E-state index contributed by atoms with van der Waals surface area (Å²) in [5.74, 6) is 0. The second-order valence-corrected chi connectivity index (χ2v) is 4.39. The first-order valence-electron chi connectivity index (χ1n) is 6.26. The molecule has 2 fully saturated rings. The van der Waals surface area contributed by atoms with Crippen molar-refractivity contribution in [2.75, 3.05) is 66.0 Å². The number of nitrogens with one attached hydrogen (secondary N) is 2. The lowest BCUT2D eigenvalue weighted by Gasteiger charge is -2.25.